The summed E-state index contributed by atoms with van der Waals surface area (Å²) in [5.74, 6) is 0.795. The number of ether oxygens (including phenoxy) is 1. The van der Waals surface area contributed by atoms with Gasteiger partial charge in [0.1, 0.15) is 5.75 Å². The molecule has 0 heterocycles. The summed E-state index contributed by atoms with van der Waals surface area (Å²) in [4.78, 5) is 0. The van der Waals surface area contributed by atoms with Crippen LogP contribution >= 0.6 is 0 Å². The lowest BCUT2D eigenvalue weighted by Gasteiger charge is -2.15. The molecule has 0 bridgehead atoms. The topological polar surface area (TPSA) is 41.5 Å². The molecule has 0 fully saturated rings. The van der Waals surface area contributed by atoms with Gasteiger partial charge in [-0.1, -0.05) is 18.2 Å². The number of hydrogen-bond acceptors (Lipinski definition) is 3. The number of nitrogens with one attached hydrogen (secondary N) is 1. The third-order valence-electron chi connectivity index (χ3n) is 2.49. The molecule has 16 heavy (non-hydrogen) atoms. The zero-order valence-electron chi connectivity index (χ0n) is 9.81. The van der Waals surface area contributed by atoms with Crippen LogP contribution in [0.4, 0.5) is 0 Å². The highest BCUT2D eigenvalue weighted by atomic mass is 16.5. The fraction of sp³-hybridized carbons (Fsp3) is 0.385. The molecule has 3 nitrogen and oxygen atoms in total. The van der Waals surface area contributed by atoms with Crippen molar-refractivity contribution < 1.29 is 9.84 Å². The molecule has 0 radical (unpaired) electrons. The third-order valence-corrected chi connectivity index (χ3v) is 2.49. The zero-order chi connectivity index (χ0) is 12.0. The van der Waals surface area contributed by atoms with Crippen molar-refractivity contribution in [3.63, 3.8) is 0 Å². The highest BCUT2D eigenvalue weighted by Crippen LogP contribution is 2.16. The van der Waals surface area contributed by atoms with Crippen LogP contribution < -0.4 is 10.1 Å². The van der Waals surface area contributed by atoms with Gasteiger partial charge < -0.3 is 15.2 Å². The highest BCUT2D eigenvalue weighted by Gasteiger charge is 2.07. The van der Waals surface area contributed by atoms with E-state index in [9.17, 15) is 5.11 Å². The van der Waals surface area contributed by atoms with Crippen molar-refractivity contribution in [1.82, 2.24) is 5.32 Å². The van der Waals surface area contributed by atoms with E-state index < -0.39 is 6.10 Å². The van der Waals surface area contributed by atoms with Crippen LogP contribution in [0, 0.1) is 0 Å². The van der Waals surface area contributed by atoms with Gasteiger partial charge in [-0.15, -0.1) is 6.58 Å². The molecule has 2 atom stereocenters. The minimum absolute atomic E-state index is 0.202. The average Bonchev–Trinajstić information content (AvgIpc) is 2.35. The van der Waals surface area contributed by atoms with Crippen molar-refractivity contribution in [1.29, 1.82) is 0 Å². The summed E-state index contributed by atoms with van der Waals surface area (Å²) in [5.41, 5.74) is 0.879. The number of methoxy groups -OCH3 is 1. The van der Waals surface area contributed by atoms with E-state index in [1.54, 1.807) is 13.2 Å². The molecule has 0 spiro atoms. The summed E-state index contributed by atoms with van der Waals surface area (Å²) in [6.07, 6.45) is 1.30. The Morgan fingerprint density at radius 2 is 2.06 bits per heavy atom. The Bertz CT molecular complexity index is 321. The molecular formula is C13H19NO2. The van der Waals surface area contributed by atoms with Gasteiger partial charge in [-0.25, -0.2) is 0 Å². The molecule has 1 rings (SSSR count). The van der Waals surface area contributed by atoms with Gasteiger partial charge in [0, 0.05) is 12.6 Å². The van der Waals surface area contributed by atoms with Crippen LogP contribution in [-0.2, 0) is 0 Å². The molecule has 0 amide bonds. The quantitative estimate of drug-likeness (QED) is 0.721. The molecule has 1 aromatic rings. The molecule has 0 aliphatic heterocycles. The smallest absolute Gasteiger partial charge is 0.118 e. The molecule has 0 saturated heterocycles. The Balaban J connectivity index is 2.52. The molecule has 0 aliphatic rings. The molecule has 0 aliphatic carbocycles. The lowest BCUT2D eigenvalue weighted by atomic mass is 10.1. The van der Waals surface area contributed by atoms with Crippen LogP contribution in [0.5, 0.6) is 5.75 Å². The molecule has 0 aromatic heterocycles. The van der Waals surface area contributed by atoms with Crippen LogP contribution in [0.25, 0.3) is 0 Å². The average molecular weight is 221 g/mol. The predicted octanol–water partition coefficient (Wildman–Crippen LogP) is 1.89. The van der Waals surface area contributed by atoms with E-state index in [0.717, 1.165) is 11.3 Å². The SMILES string of the molecule is C=CC(C)NCC(O)c1ccc(OC)cc1. The Kier molecular flexibility index (Phi) is 5.02. The fourth-order valence-electron chi connectivity index (χ4n) is 1.32. The van der Waals surface area contributed by atoms with Gasteiger partial charge in [0.05, 0.1) is 13.2 Å². The van der Waals surface area contributed by atoms with E-state index in [0.29, 0.717) is 6.54 Å². The first kappa shape index (κ1) is 12.7. The first-order valence-corrected chi connectivity index (χ1v) is 5.35. The minimum Gasteiger partial charge on any atom is -0.497 e. The summed E-state index contributed by atoms with van der Waals surface area (Å²) in [6.45, 7) is 6.18. The first-order valence-electron chi connectivity index (χ1n) is 5.35. The van der Waals surface area contributed by atoms with Crippen LogP contribution in [0.15, 0.2) is 36.9 Å². The lowest BCUT2D eigenvalue weighted by Crippen LogP contribution is -2.28. The van der Waals surface area contributed by atoms with Gasteiger partial charge in [-0.3, -0.25) is 0 Å². The maximum atomic E-state index is 9.89. The Hall–Kier alpha value is -1.32. The Labute approximate surface area is 96.8 Å². The number of hydrogen-bond donors (Lipinski definition) is 2. The highest BCUT2D eigenvalue weighted by molar-refractivity contribution is 5.28. The summed E-state index contributed by atoms with van der Waals surface area (Å²) in [5, 5.41) is 13.1. The van der Waals surface area contributed by atoms with Gasteiger partial charge in [0.25, 0.3) is 0 Å². The van der Waals surface area contributed by atoms with Crippen molar-refractivity contribution >= 4 is 0 Å². The maximum Gasteiger partial charge on any atom is 0.118 e. The largest absolute Gasteiger partial charge is 0.497 e. The maximum absolute atomic E-state index is 9.89. The van der Waals surface area contributed by atoms with Crippen molar-refractivity contribution in [2.24, 2.45) is 0 Å². The van der Waals surface area contributed by atoms with E-state index in [4.69, 9.17) is 4.74 Å². The van der Waals surface area contributed by atoms with Crippen molar-refractivity contribution in [3.05, 3.63) is 42.5 Å². The van der Waals surface area contributed by atoms with Crippen molar-refractivity contribution in [2.75, 3.05) is 13.7 Å². The summed E-state index contributed by atoms with van der Waals surface area (Å²) < 4.78 is 5.05. The summed E-state index contributed by atoms with van der Waals surface area (Å²) in [7, 11) is 1.62. The normalized spacial score (nSPS) is 14.2. The van der Waals surface area contributed by atoms with E-state index in [1.165, 1.54) is 0 Å². The molecule has 0 saturated carbocycles. The zero-order valence-corrected chi connectivity index (χ0v) is 9.81. The van der Waals surface area contributed by atoms with E-state index in [1.807, 2.05) is 31.2 Å². The first-order chi connectivity index (χ1) is 7.67. The monoisotopic (exact) mass is 221 g/mol. The second-order valence-corrected chi connectivity index (χ2v) is 3.72. The van der Waals surface area contributed by atoms with Crippen LogP contribution in [0.3, 0.4) is 0 Å². The van der Waals surface area contributed by atoms with Crippen molar-refractivity contribution in [3.8, 4) is 5.75 Å². The molecule has 2 N–H and O–H groups in total. The summed E-state index contributed by atoms with van der Waals surface area (Å²) in [6, 6.07) is 7.62. The number of benzene rings is 1. The lowest BCUT2D eigenvalue weighted by molar-refractivity contribution is 0.173. The molecule has 88 valence electrons. The van der Waals surface area contributed by atoms with Gasteiger partial charge in [0.2, 0.25) is 0 Å². The van der Waals surface area contributed by atoms with Crippen LogP contribution in [-0.4, -0.2) is 24.8 Å². The molecular weight excluding hydrogens is 202 g/mol. The van der Waals surface area contributed by atoms with E-state index in [-0.39, 0.29) is 6.04 Å². The molecule has 3 heteroatoms. The number of rotatable bonds is 6. The third kappa shape index (κ3) is 3.68. The molecule has 2 unspecified atom stereocenters. The van der Waals surface area contributed by atoms with E-state index >= 15 is 0 Å². The Morgan fingerprint density at radius 1 is 1.44 bits per heavy atom. The predicted molar refractivity (Wildman–Crippen MR) is 65.6 cm³/mol. The second kappa shape index (κ2) is 6.30. The second-order valence-electron chi connectivity index (χ2n) is 3.72. The van der Waals surface area contributed by atoms with Gasteiger partial charge in [-0.2, -0.15) is 0 Å². The van der Waals surface area contributed by atoms with Gasteiger partial charge >= 0.3 is 0 Å². The minimum atomic E-state index is -0.506. The summed E-state index contributed by atoms with van der Waals surface area (Å²) >= 11 is 0. The molecule has 1 aromatic carbocycles. The standard InChI is InChI=1S/C13H19NO2/c1-4-10(2)14-9-13(15)11-5-7-12(16-3)8-6-11/h4-8,10,13-15H,1,9H2,2-3H3. The van der Waals surface area contributed by atoms with Crippen LogP contribution in [0.1, 0.15) is 18.6 Å². The number of aliphatic hydroxyl groups is 1. The van der Waals surface area contributed by atoms with E-state index in [2.05, 4.69) is 11.9 Å². The van der Waals surface area contributed by atoms with Gasteiger partial charge in [0.15, 0.2) is 0 Å². The van der Waals surface area contributed by atoms with Crippen molar-refractivity contribution in [2.45, 2.75) is 19.1 Å². The number of aliphatic hydroxyl groups excluding tert-OH is 1. The van der Waals surface area contributed by atoms with Gasteiger partial charge in [-0.05, 0) is 24.6 Å². The van der Waals surface area contributed by atoms with Crippen LogP contribution in [0.2, 0.25) is 0 Å². The Morgan fingerprint density at radius 3 is 2.56 bits per heavy atom. The fourth-order valence-corrected chi connectivity index (χ4v) is 1.32.